The Bertz CT molecular complexity index is 879. The zero-order chi connectivity index (χ0) is 16.9. The lowest BCUT2D eigenvalue weighted by Crippen LogP contribution is -2.22. The van der Waals surface area contributed by atoms with E-state index in [4.69, 9.17) is 23.8 Å². The van der Waals surface area contributed by atoms with Gasteiger partial charge in [0.2, 0.25) is 4.77 Å². The van der Waals surface area contributed by atoms with Gasteiger partial charge in [0.25, 0.3) is 0 Å². The summed E-state index contributed by atoms with van der Waals surface area (Å²) in [6.07, 6.45) is 3.94. The van der Waals surface area contributed by atoms with Crippen LogP contribution in [0.25, 0.3) is 12.2 Å². The molecule has 0 saturated carbocycles. The molecular formula is C17H17ClN4S2. The smallest absolute Gasteiger partial charge is 0.217 e. The van der Waals surface area contributed by atoms with Crippen LogP contribution in [0.15, 0.2) is 42.5 Å². The minimum absolute atomic E-state index is 0.541. The maximum Gasteiger partial charge on any atom is 0.217 e. The molecule has 0 aliphatic heterocycles. The van der Waals surface area contributed by atoms with Crippen LogP contribution in [0.4, 0.5) is 0 Å². The molecule has 7 heteroatoms. The second-order valence-corrected chi connectivity index (χ2v) is 7.59. The number of aromatic amines is 1. The molecule has 0 fully saturated rings. The normalized spacial score (nSPS) is 11.6. The van der Waals surface area contributed by atoms with Crippen LogP contribution in [-0.2, 0) is 13.2 Å². The third kappa shape index (κ3) is 4.64. The molecule has 2 heterocycles. The Morgan fingerprint density at radius 2 is 2.04 bits per heavy atom. The van der Waals surface area contributed by atoms with Gasteiger partial charge in [0.05, 0.1) is 11.0 Å². The molecule has 4 nitrogen and oxygen atoms in total. The predicted molar refractivity (Wildman–Crippen MR) is 104 cm³/mol. The molecule has 24 heavy (non-hydrogen) atoms. The third-order valence-electron chi connectivity index (χ3n) is 3.37. The molecule has 0 unspecified atom stereocenters. The van der Waals surface area contributed by atoms with Crippen molar-refractivity contribution in [2.75, 3.05) is 7.05 Å². The Hall–Kier alpha value is -1.73. The van der Waals surface area contributed by atoms with Gasteiger partial charge in [-0.25, -0.2) is 4.68 Å². The molecule has 124 valence electrons. The van der Waals surface area contributed by atoms with Gasteiger partial charge in [-0.2, -0.15) is 4.98 Å². The number of H-pyrrole nitrogens is 1. The Labute approximate surface area is 155 Å². The number of rotatable bonds is 6. The number of hydrogen-bond donors (Lipinski definition) is 1. The zero-order valence-electron chi connectivity index (χ0n) is 13.1. The predicted octanol–water partition coefficient (Wildman–Crippen LogP) is 4.92. The number of nitrogens with one attached hydrogen (secondary N) is 1. The van der Waals surface area contributed by atoms with E-state index in [1.807, 2.05) is 66.3 Å². The lowest BCUT2D eigenvalue weighted by atomic mass is 10.2. The Kier molecular flexibility index (Phi) is 5.63. The van der Waals surface area contributed by atoms with Crippen molar-refractivity contribution in [1.82, 2.24) is 19.7 Å². The van der Waals surface area contributed by atoms with Crippen LogP contribution >= 0.6 is 35.2 Å². The Balaban J connectivity index is 1.65. The van der Waals surface area contributed by atoms with Crippen molar-refractivity contribution in [3.05, 3.63) is 67.8 Å². The fourth-order valence-electron chi connectivity index (χ4n) is 2.28. The van der Waals surface area contributed by atoms with E-state index in [9.17, 15) is 0 Å². The van der Waals surface area contributed by atoms with Crippen molar-refractivity contribution in [3.8, 4) is 0 Å². The highest BCUT2D eigenvalue weighted by Crippen LogP contribution is 2.22. The highest BCUT2D eigenvalue weighted by molar-refractivity contribution is 7.71. The Morgan fingerprint density at radius 3 is 2.75 bits per heavy atom. The molecule has 0 saturated heterocycles. The largest absolute Gasteiger partial charge is 0.282 e. The average Bonchev–Trinajstić information content (AvgIpc) is 3.12. The molecule has 0 aliphatic carbocycles. The van der Waals surface area contributed by atoms with Gasteiger partial charge >= 0.3 is 0 Å². The van der Waals surface area contributed by atoms with Crippen LogP contribution in [0.1, 0.15) is 16.3 Å². The minimum atomic E-state index is 0.541. The van der Waals surface area contributed by atoms with Gasteiger partial charge in [-0.3, -0.25) is 10.00 Å². The van der Waals surface area contributed by atoms with Crippen molar-refractivity contribution in [3.63, 3.8) is 0 Å². The summed E-state index contributed by atoms with van der Waals surface area (Å²) >= 11 is 12.9. The molecular weight excluding hydrogens is 360 g/mol. The van der Waals surface area contributed by atoms with Crippen molar-refractivity contribution in [1.29, 1.82) is 0 Å². The highest BCUT2D eigenvalue weighted by Gasteiger charge is 2.06. The lowest BCUT2D eigenvalue weighted by Gasteiger charge is -2.15. The monoisotopic (exact) mass is 376 g/mol. The first-order chi connectivity index (χ1) is 11.6. The molecule has 2 aromatic heterocycles. The van der Waals surface area contributed by atoms with Crippen LogP contribution in [0.5, 0.6) is 0 Å². The average molecular weight is 377 g/mol. The van der Waals surface area contributed by atoms with E-state index < -0.39 is 0 Å². The molecule has 3 aromatic rings. The van der Waals surface area contributed by atoms with E-state index in [-0.39, 0.29) is 0 Å². The number of benzene rings is 1. The zero-order valence-corrected chi connectivity index (χ0v) is 15.5. The first-order valence-electron chi connectivity index (χ1n) is 7.43. The quantitative estimate of drug-likeness (QED) is 0.620. The molecule has 1 N–H and O–H groups in total. The van der Waals surface area contributed by atoms with Gasteiger partial charge in [-0.05, 0) is 43.0 Å². The topological polar surface area (TPSA) is 36.9 Å². The van der Waals surface area contributed by atoms with Crippen LogP contribution in [0.3, 0.4) is 0 Å². The summed E-state index contributed by atoms with van der Waals surface area (Å²) in [7, 11) is 2.04. The molecule has 0 amide bonds. The molecule has 0 spiro atoms. The minimum Gasteiger partial charge on any atom is -0.282 e. The Morgan fingerprint density at radius 1 is 1.25 bits per heavy atom. The molecule has 3 rings (SSSR count). The highest BCUT2D eigenvalue weighted by atomic mass is 35.5. The van der Waals surface area contributed by atoms with Crippen LogP contribution in [0.2, 0.25) is 4.34 Å². The van der Waals surface area contributed by atoms with Gasteiger partial charge in [0.15, 0.2) is 0 Å². The van der Waals surface area contributed by atoms with Crippen LogP contribution in [0, 0.1) is 4.77 Å². The van der Waals surface area contributed by atoms with Crippen molar-refractivity contribution < 1.29 is 0 Å². The van der Waals surface area contributed by atoms with E-state index >= 15 is 0 Å². The summed E-state index contributed by atoms with van der Waals surface area (Å²) < 4.78 is 3.21. The van der Waals surface area contributed by atoms with Crippen LogP contribution < -0.4 is 0 Å². The standard InChI is InChI=1S/C17H17ClN4S2/c1-21(11-14-8-9-15(18)24-14)12-22-17(23)19-16(20-22)10-7-13-5-3-2-4-6-13/h2-10H,11-12H2,1H3,(H,19,20,23)/b10-7+. The molecule has 0 atom stereocenters. The maximum absolute atomic E-state index is 5.97. The number of hydrogen-bond acceptors (Lipinski definition) is 4. The molecule has 0 aliphatic rings. The third-order valence-corrected chi connectivity index (χ3v) is 4.89. The number of aromatic nitrogens is 3. The first-order valence-corrected chi connectivity index (χ1v) is 9.03. The van der Waals surface area contributed by atoms with E-state index in [1.54, 1.807) is 11.3 Å². The summed E-state index contributed by atoms with van der Waals surface area (Å²) in [5.74, 6) is 0.747. The van der Waals surface area contributed by atoms with E-state index in [0.29, 0.717) is 11.4 Å². The summed E-state index contributed by atoms with van der Waals surface area (Å²) in [5, 5.41) is 3.22. The molecule has 0 bridgehead atoms. The fraction of sp³-hybridized carbons (Fsp3) is 0.176. The second kappa shape index (κ2) is 7.90. The van der Waals surface area contributed by atoms with E-state index in [1.165, 1.54) is 4.88 Å². The van der Waals surface area contributed by atoms with Gasteiger partial charge in [0, 0.05) is 11.4 Å². The summed E-state index contributed by atoms with van der Waals surface area (Å²) in [6, 6.07) is 14.1. The number of thiophene rings is 1. The van der Waals surface area contributed by atoms with Crippen molar-refractivity contribution in [2.24, 2.45) is 0 Å². The molecule has 1 aromatic carbocycles. The van der Waals surface area contributed by atoms with Gasteiger partial charge in [0.1, 0.15) is 5.82 Å². The van der Waals surface area contributed by atoms with Crippen LogP contribution in [-0.4, -0.2) is 26.7 Å². The fourth-order valence-corrected chi connectivity index (χ4v) is 3.65. The SMILES string of the molecule is CN(Cc1ccc(Cl)s1)Cn1[nH]c(/C=C/c2ccccc2)nc1=S. The van der Waals surface area contributed by atoms with E-state index in [0.717, 1.165) is 22.3 Å². The van der Waals surface area contributed by atoms with Crippen molar-refractivity contribution in [2.45, 2.75) is 13.2 Å². The van der Waals surface area contributed by atoms with Gasteiger partial charge < -0.3 is 0 Å². The number of nitrogens with zero attached hydrogens (tertiary/aromatic N) is 3. The molecule has 0 radical (unpaired) electrons. The van der Waals surface area contributed by atoms with Crippen molar-refractivity contribution >= 4 is 47.3 Å². The van der Waals surface area contributed by atoms with E-state index in [2.05, 4.69) is 15.0 Å². The van der Waals surface area contributed by atoms with Gasteiger partial charge in [-0.1, -0.05) is 48.0 Å². The van der Waals surface area contributed by atoms with Gasteiger partial charge in [-0.15, -0.1) is 11.3 Å². The lowest BCUT2D eigenvalue weighted by molar-refractivity contribution is 0.246. The summed E-state index contributed by atoms with van der Waals surface area (Å²) in [5.41, 5.74) is 1.12. The second-order valence-electron chi connectivity index (χ2n) is 5.42. The maximum atomic E-state index is 5.97. The first kappa shape index (κ1) is 17.1. The number of halogens is 1. The summed E-state index contributed by atoms with van der Waals surface area (Å²) in [4.78, 5) is 7.75. The summed E-state index contributed by atoms with van der Waals surface area (Å²) in [6.45, 7) is 1.45.